The summed E-state index contributed by atoms with van der Waals surface area (Å²) in [6, 6.07) is 34.9. The summed E-state index contributed by atoms with van der Waals surface area (Å²) < 4.78 is 0. The largest absolute Gasteiger partial charge is 0.372 e. The van der Waals surface area contributed by atoms with Gasteiger partial charge in [0.15, 0.2) is 0 Å². The molecule has 4 rings (SSSR count). The molecule has 0 aliphatic carbocycles. The van der Waals surface area contributed by atoms with Gasteiger partial charge in [0.2, 0.25) is 0 Å². The van der Waals surface area contributed by atoms with E-state index in [2.05, 4.69) is 154 Å². The molecule has 0 aliphatic rings. The molecule has 0 heterocycles. The van der Waals surface area contributed by atoms with Gasteiger partial charge in [0.05, 0.1) is 0 Å². The van der Waals surface area contributed by atoms with Crippen molar-refractivity contribution >= 4 is 23.4 Å². The minimum Gasteiger partial charge on any atom is -0.372 e. The Balaban J connectivity index is 1.79. The first-order chi connectivity index (χ1) is 18.0. The Hall–Kier alpha value is -4.10. The Kier molecular flexibility index (Phi) is 8.59. The van der Waals surface area contributed by atoms with E-state index in [4.69, 9.17) is 0 Å². The molecular weight excluding hydrogens is 446 g/mol. The summed E-state index contributed by atoms with van der Waals surface area (Å²) in [5.41, 5.74) is 9.81. The molecular formula is C36H37N. The van der Waals surface area contributed by atoms with Crippen molar-refractivity contribution in [2.75, 3.05) is 18.0 Å². The summed E-state index contributed by atoms with van der Waals surface area (Å²) >= 11 is 0. The summed E-state index contributed by atoms with van der Waals surface area (Å²) in [5, 5.41) is 2.20. The number of hydrogen-bond acceptors (Lipinski definition) is 1. The van der Waals surface area contributed by atoms with Crippen LogP contribution in [0.3, 0.4) is 0 Å². The average molecular weight is 484 g/mol. The zero-order valence-corrected chi connectivity index (χ0v) is 22.5. The van der Waals surface area contributed by atoms with Gasteiger partial charge in [-0.2, -0.15) is 0 Å². The molecule has 0 amide bonds. The molecule has 1 heteroatoms. The fourth-order valence-electron chi connectivity index (χ4n) is 4.55. The maximum Gasteiger partial charge on any atom is 0.0366 e. The van der Waals surface area contributed by atoms with Crippen LogP contribution in [0.15, 0.2) is 115 Å². The molecule has 186 valence electrons. The molecule has 4 aromatic carbocycles. The summed E-state index contributed by atoms with van der Waals surface area (Å²) in [5.74, 6) is 0. The van der Waals surface area contributed by atoms with Crippen molar-refractivity contribution in [3.8, 4) is 0 Å². The lowest BCUT2D eigenvalue weighted by Crippen LogP contribution is -2.21. The van der Waals surface area contributed by atoms with Crippen LogP contribution in [0.1, 0.15) is 41.7 Å². The van der Waals surface area contributed by atoms with Gasteiger partial charge in [-0.25, -0.2) is 0 Å². The standard InChI is InChI=1S/C36H37N/c1-6-37(7-2)34-25-23-33(24-26-34)36(32-21-15-29(5)16-22-32)10-8-9-35(30-17-11-27(3)12-18-30)31-19-13-28(4)14-20-31/h8-26H,5-7H2,1-4H3/b10-8+. The third-order valence-corrected chi connectivity index (χ3v) is 6.82. The molecule has 0 N–H and O–H groups in total. The fraction of sp³-hybridized carbons (Fsp3) is 0.167. The van der Waals surface area contributed by atoms with E-state index >= 15 is 0 Å². The summed E-state index contributed by atoms with van der Waals surface area (Å²) in [7, 11) is 0. The van der Waals surface area contributed by atoms with Crippen LogP contribution < -0.4 is 15.3 Å². The van der Waals surface area contributed by atoms with Gasteiger partial charge in [-0.15, -0.1) is 0 Å². The first-order valence-corrected chi connectivity index (χ1v) is 13.2. The second-order valence-electron chi connectivity index (χ2n) is 9.50. The maximum absolute atomic E-state index is 4.07. The summed E-state index contributed by atoms with van der Waals surface area (Å²) in [6.45, 7) is 14.7. The van der Waals surface area contributed by atoms with Crippen molar-refractivity contribution in [2.24, 2.45) is 0 Å². The number of rotatable bonds is 8. The first kappa shape index (κ1) is 26.0. The average Bonchev–Trinajstić information content (AvgIpc) is 2.92. The lowest BCUT2D eigenvalue weighted by atomic mass is 9.95. The van der Waals surface area contributed by atoms with Gasteiger partial charge in [-0.05, 0) is 78.1 Å². The highest BCUT2D eigenvalue weighted by atomic mass is 15.1. The van der Waals surface area contributed by atoms with Crippen molar-refractivity contribution in [3.05, 3.63) is 154 Å². The predicted molar refractivity (Wildman–Crippen MR) is 162 cm³/mol. The van der Waals surface area contributed by atoms with Crippen molar-refractivity contribution in [1.82, 2.24) is 0 Å². The minimum atomic E-state index is 1.00. The maximum atomic E-state index is 4.07. The minimum absolute atomic E-state index is 1.00. The van der Waals surface area contributed by atoms with Crippen LogP contribution in [0.2, 0.25) is 0 Å². The van der Waals surface area contributed by atoms with Gasteiger partial charge < -0.3 is 4.90 Å². The predicted octanol–water partition coefficient (Wildman–Crippen LogP) is 7.45. The molecule has 1 nitrogen and oxygen atoms in total. The molecule has 0 saturated heterocycles. The van der Waals surface area contributed by atoms with Crippen LogP contribution in [0.4, 0.5) is 5.69 Å². The SMILES string of the molecule is C=c1ccc(=C(/C=C/C=C(c2ccc(C)cc2)c2ccc(C)cc2)c2ccc(N(CC)CC)cc2)cc1. The molecule has 0 spiro atoms. The van der Waals surface area contributed by atoms with Gasteiger partial charge in [-0.1, -0.05) is 121 Å². The van der Waals surface area contributed by atoms with Crippen LogP contribution >= 0.6 is 0 Å². The van der Waals surface area contributed by atoms with E-state index in [9.17, 15) is 0 Å². The molecule has 0 fully saturated rings. The number of benzene rings is 4. The fourth-order valence-corrected chi connectivity index (χ4v) is 4.55. The Labute approximate surface area is 222 Å². The number of allylic oxidation sites excluding steroid dienone is 3. The Morgan fingerprint density at radius 2 is 1.14 bits per heavy atom. The number of hydrogen-bond donors (Lipinski definition) is 0. The highest BCUT2D eigenvalue weighted by Gasteiger charge is 2.06. The van der Waals surface area contributed by atoms with Crippen molar-refractivity contribution in [3.63, 3.8) is 0 Å². The Bertz CT molecular complexity index is 1410. The molecule has 0 unspecified atom stereocenters. The molecule has 0 aliphatic heterocycles. The van der Waals surface area contributed by atoms with Crippen molar-refractivity contribution < 1.29 is 0 Å². The Morgan fingerprint density at radius 1 is 0.649 bits per heavy atom. The van der Waals surface area contributed by atoms with E-state index in [1.54, 1.807) is 0 Å². The smallest absolute Gasteiger partial charge is 0.0366 e. The van der Waals surface area contributed by atoms with E-state index in [1.807, 2.05) is 0 Å². The lowest BCUT2D eigenvalue weighted by molar-refractivity contribution is 0.866. The lowest BCUT2D eigenvalue weighted by Gasteiger charge is -2.21. The van der Waals surface area contributed by atoms with E-state index in [0.29, 0.717) is 0 Å². The number of anilines is 1. The van der Waals surface area contributed by atoms with Crippen LogP contribution in [0.5, 0.6) is 0 Å². The molecule has 0 saturated carbocycles. The van der Waals surface area contributed by atoms with Gasteiger partial charge in [-0.3, -0.25) is 0 Å². The van der Waals surface area contributed by atoms with E-state index in [1.165, 1.54) is 49.9 Å². The monoisotopic (exact) mass is 483 g/mol. The third kappa shape index (κ3) is 6.57. The summed E-state index contributed by atoms with van der Waals surface area (Å²) in [4.78, 5) is 2.37. The van der Waals surface area contributed by atoms with Crippen LogP contribution in [0.25, 0.3) is 17.7 Å². The second kappa shape index (κ2) is 12.2. The van der Waals surface area contributed by atoms with Gasteiger partial charge in [0, 0.05) is 18.8 Å². The highest BCUT2D eigenvalue weighted by molar-refractivity contribution is 5.82. The zero-order chi connectivity index (χ0) is 26.2. The first-order valence-electron chi connectivity index (χ1n) is 13.2. The van der Waals surface area contributed by atoms with E-state index in [0.717, 1.165) is 18.3 Å². The van der Waals surface area contributed by atoms with Gasteiger partial charge in [0.25, 0.3) is 0 Å². The zero-order valence-electron chi connectivity index (χ0n) is 22.5. The second-order valence-corrected chi connectivity index (χ2v) is 9.50. The molecule has 4 aromatic rings. The highest BCUT2D eigenvalue weighted by Crippen LogP contribution is 2.25. The molecule has 0 bridgehead atoms. The third-order valence-electron chi connectivity index (χ3n) is 6.82. The van der Waals surface area contributed by atoms with Crippen LogP contribution in [-0.4, -0.2) is 13.1 Å². The topological polar surface area (TPSA) is 3.24 Å². The molecule has 37 heavy (non-hydrogen) atoms. The normalized spacial score (nSPS) is 10.9. The van der Waals surface area contributed by atoms with Gasteiger partial charge >= 0.3 is 0 Å². The molecule has 0 atom stereocenters. The van der Waals surface area contributed by atoms with Crippen molar-refractivity contribution in [1.29, 1.82) is 0 Å². The molecule has 0 aromatic heterocycles. The van der Waals surface area contributed by atoms with Crippen LogP contribution in [0, 0.1) is 13.8 Å². The van der Waals surface area contributed by atoms with Gasteiger partial charge in [0.1, 0.15) is 0 Å². The quantitative estimate of drug-likeness (QED) is 0.235. The van der Waals surface area contributed by atoms with E-state index in [-0.39, 0.29) is 0 Å². The summed E-state index contributed by atoms with van der Waals surface area (Å²) in [6.07, 6.45) is 6.64. The Morgan fingerprint density at radius 3 is 1.62 bits per heavy atom. The molecule has 0 radical (unpaired) electrons. The van der Waals surface area contributed by atoms with E-state index < -0.39 is 0 Å². The van der Waals surface area contributed by atoms with Crippen LogP contribution in [-0.2, 0) is 0 Å². The van der Waals surface area contributed by atoms with Crippen molar-refractivity contribution in [2.45, 2.75) is 27.7 Å². The number of aryl methyl sites for hydroxylation is 2. The number of nitrogens with zero attached hydrogens (tertiary/aromatic N) is 1.